The van der Waals surface area contributed by atoms with Gasteiger partial charge in [-0.05, 0) is 6.92 Å². The number of carbonyl (C=O) groups is 1. The van der Waals surface area contributed by atoms with Gasteiger partial charge in [0.05, 0.1) is 19.3 Å². The van der Waals surface area contributed by atoms with Gasteiger partial charge in [0.15, 0.2) is 11.6 Å². The summed E-state index contributed by atoms with van der Waals surface area (Å²) in [6, 6.07) is 1.38. The van der Waals surface area contributed by atoms with Crippen LogP contribution >= 0.6 is 0 Å². The minimum absolute atomic E-state index is 0.214. The van der Waals surface area contributed by atoms with Gasteiger partial charge in [0.1, 0.15) is 5.76 Å². The largest absolute Gasteiger partial charge is 0.373 e. The first-order valence-corrected chi connectivity index (χ1v) is 7.89. The van der Waals surface area contributed by atoms with Gasteiger partial charge in [-0.25, -0.2) is 9.78 Å². The molecule has 0 aliphatic carbocycles. The molecule has 0 spiro atoms. The number of anilines is 2. The fraction of sp³-hybridized carbons (Fsp3) is 0.467. The van der Waals surface area contributed by atoms with Gasteiger partial charge in [-0.15, -0.1) is 0 Å². The van der Waals surface area contributed by atoms with Crippen LogP contribution in [0, 0.1) is 6.92 Å². The molecule has 3 heterocycles. The highest BCUT2D eigenvalue weighted by atomic mass is 16.5. The highest BCUT2D eigenvalue weighted by Gasteiger charge is 2.25. The van der Waals surface area contributed by atoms with Crippen LogP contribution in [0.1, 0.15) is 5.76 Å². The molecule has 0 saturated carbocycles. The number of nitrogens with zero attached hydrogens (tertiary/aromatic N) is 4. The summed E-state index contributed by atoms with van der Waals surface area (Å²) in [5.41, 5.74) is -0.214. The van der Waals surface area contributed by atoms with Crippen molar-refractivity contribution in [3.05, 3.63) is 34.6 Å². The van der Waals surface area contributed by atoms with Crippen molar-refractivity contribution < 1.29 is 14.1 Å². The van der Waals surface area contributed by atoms with Crippen LogP contribution in [-0.4, -0.2) is 58.0 Å². The van der Waals surface area contributed by atoms with E-state index in [1.165, 1.54) is 4.57 Å². The van der Waals surface area contributed by atoms with Crippen molar-refractivity contribution in [1.29, 1.82) is 0 Å². The molecule has 1 atom stereocenters. The van der Waals surface area contributed by atoms with Crippen LogP contribution in [0.5, 0.6) is 0 Å². The maximum Gasteiger partial charge on any atom is 0.323 e. The van der Waals surface area contributed by atoms with Crippen molar-refractivity contribution in [3.63, 3.8) is 0 Å². The lowest BCUT2D eigenvalue weighted by atomic mass is 10.2. The zero-order chi connectivity index (χ0) is 17.8. The second-order valence-electron chi connectivity index (χ2n) is 5.76. The molecule has 10 nitrogen and oxygen atoms in total. The Balaban J connectivity index is 1.54. The Hall–Kier alpha value is -2.88. The SMILES string of the molecule is Cc1cc(NC(=O)N2CCOC(CNc3nccn(C)c3=O)C2)no1. The molecule has 2 aromatic rings. The van der Waals surface area contributed by atoms with Crippen LogP contribution in [0.2, 0.25) is 0 Å². The fourth-order valence-corrected chi connectivity index (χ4v) is 2.47. The summed E-state index contributed by atoms with van der Waals surface area (Å²) in [5, 5.41) is 9.41. The van der Waals surface area contributed by atoms with Gasteiger partial charge in [0, 0.05) is 38.6 Å². The topological polar surface area (TPSA) is 115 Å². The Bertz CT molecular complexity index is 801. The summed E-state index contributed by atoms with van der Waals surface area (Å²) in [6.45, 7) is 3.41. The van der Waals surface area contributed by atoms with Crippen molar-refractivity contribution in [2.24, 2.45) is 7.05 Å². The van der Waals surface area contributed by atoms with Crippen LogP contribution in [0.15, 0.2) is 27.8 Å². The normalized spacial score (nSPS) is 17.4. The maximum absolute atomic E-state index is 12.3. The number of ether oxygens (including phenoxy) is 1. The molecule has 1 aliphatic heterocycles. The first-order valence-electron chi connectivity index (χ1n) is 7.89. The van der Waals surface area contributed by atoms with Crippen molar-refractivity contribution in [2.45, 2.75) is 13.0 Å². The standard InChI is InChI=1S/C15H20N6O4/c1-10-7-12(19-25-10)18-15(23)21-5-6-24-11(9-21)8-17-13-14(22)20(2)4-3-16-13/h3-4,7,11H,5-6,8-9H2,1-2H3,(H,16,17)(H,18,19,23). The van der Waals surface area contributed by atoms with Gasteiger partial charge >= 0.3 is 6.03 Å². The first-order chi connectivity index (χ1) is 12.0. The Morgan fingerprint density at radius 2 is 2.32 bits per heavy atom. The Kier molecular flexibility index (Phi) is 4.98. The summed E-state index contributed by atoms with van der Waals surface area (Å²) in [5.74, 6) is 1.25. The number of aryl methyl sites for hydroxylation is 2. The van der Waals surface area contributed by atoms with Crippen molar-refractivity contribution >= 4 is 17.7 Å². The molecule has 2 amide bonds. The Morgan fingerprint density at radius 3 is 3.08 bits per heavy atom. The predicted octanol–water partition coefficient (Wildman–Crippen LogP) is 0.422. The zero-order valence-electron chi connectivity index (χ0n) is 14.1. The monoisotopic (exact) mass is 348 g/mol. The lowest BCUT2D eigenvalue weighted by molar-refractivity contribution is -0.00452. The van der Waals surface area contributed by atoms with Gasteiger partial charge in [0.2, 0.25) is 0 Å². The molecule has 10 heteroatoms. The molecular formula is C15H20N6O4. The smallest absolute Gasteiger partial charge is 0.323 e. The van der Waals surface area contributed by atoms with Crippen molar-refractivity contribution in [1.82, 2.24) is 19.6 Å². The second kappa shape index (κ2) is 7.34. The minimum Gasteiger partial charge on any atom is -0.373 e. The van der Waals surface area contributed by atoms with E-state index in [0.717, 1.165) is 0 Å². The van der Waals surface area contributed by atoms with E-state index in [1.807, 2.05) is 0 Å². The molecule has 0 bridgehead atoms. The highest BCUT2D eigenvalue weighted by Crippen LogP contribution is 2.11. The molecule has 2 aromatic heterocycles. The molecule has 25 heavy (non-hydrogen) atoms. The van der Waals surface area contributed by atoms with E-state index in [0.29, 0.717) is 37.8 Å². The van der Waals surface area contributed by atoms with Gasteiger partial charge in [-0.1, -0.05) is 5.16 Å². The van der Waals surface area contributed by atoms with Gasteiger partial charge in [-0.3, -0.25) is 10.1 Å². The molecule has 1 saturated heterocycles. The maximum atomic E-state index is 12.3. The van der Waals surface area contributed by atoms with E-state index in [4.69, 9.17) is 9.26 Å². The third kappa shape index (κ3) is 4.15. The predicted molar refractivity (Wildman–Crippen MR) is 89.5 cm³/mol. The highest BCUT2D eigenvalue weighted by molar-refractivity contribution is 5.88. The molecular weight excluding hydrogens is 328 g/mol. The Morgan fingerprint density at radius 1 is 1.48 bits per heavy atom. The number of amides is 2. The number of aromatic nitrogens is 3. The first kappa shape index (κ1) is 17.0. The number of morpholine rings is 1. The van der Waals surface area contributed by atoms with E-state index in [1.54, 1.807) is 37.3 Å². The molecule has 1 aliphatic rings. The quantitative estimate of drug-likeness (QED) is 0.823. The van der Waals surface area contributed by atoms with E-state index in [9.17, 15) is 9.59 Å². The van der Waals surface area contributed by atoms with E-state index in [-0.39, 0.29) is 23.5 Å². The number of hydrogen-bond acceptors (Lipinski definition) is 7. The molecule has 0 radical (unpaired) electrons. The number of hydrogen-bond donors (Lipinski definition) is 2. The van der Waals surface area contributed by atoms with Crippen LogP contribution in [0.25, 0.3) is 0 Å². The molecule has 2 N–H and O–H groups in total. The number of nitrogens with one attached hydrogen (secondary N) is 2. The summed E-state index contributed by atoms with van der Waals surface area (Å²) in [4.78, 5) is 29.9. The third-order valence-corrected chi connectivity index (χ3v) is 3.80. The van der Waals surface area contributed by atoms with Gasteiger partial charge < -0.3 is 24.0 Å². The van der Waals surface area contributed by atoms with Gasteiger partial charge in [-0.2, -0.15) is 0 Å². The number of urea groups is 1. The van der Waals surface area contributed by atoms with Crippen LogP contribution in [-0.2, 0) is 11.8 Å². The summed E-state index contributed by atoms with van der Waals surface area (Å²) < 4.78 is 12.0. The minimum atomic E-state index is -0.268. The average Bonchev–Trinajstić information content (AvgIpc) is 3.01. The third-order valence-electron chi connectivity index (χ3n) is 3.80. The number of rotatable bonds is 4. The van der Waals surface area contributed by atoms with Gasteiger partial charge in [0.25, 0.3) is 5.56 Å². The zero-order valence-corrected chi connectivity index (χ0v) is 14.1. The summed E-state index contributed by atoms with van der Waals surface area (Å²) in [7, 11) is 1.66. The number of carbonyl (C=O) groups excluding carboxylic acids is 1. The molecule has 1 unspecified atom stereocenters. The lowest BCUT2D eigenvalue weighted by Gasteiger charge is -2.32. The summed E-state index contributed by atoms with van der Waals surface area (Å²) in [6.07, 6.45) is 2.89. The second-order valence-corrected chi connectivity index (χ2v) is 5.76. The average molecular weight is 348 g/mol. The van der Waals surface area contributed by atoms with Crippen molar-refractivity contribution in [2.75, 3.05) is 36.9 Å². The Labute approximate surface area is 143 Å². The van der Waals surface area contributed by atoms with Crippen LogP contribution in [0.4, 0.5) is 16.4 Å². The molecule has 0 aromatic carbocycles. The van der Waals surface area contributed by atoms with E-state index >= 15 is 0 Å². The lowest BCUT2D eigenvalue weighted by Crippen LogP contribution is -2.49. The summed E-state index contributed by atoms with van der Waals surface area (Å²) >= 11 is 0. The fourth-order valence-electron chi connectivity index (χ4n) is 2.47. The van der Waals surface area contributed by atoms with Crippen LogP contribution < -0.4 is 16.2 Å². The molecule has 134 valence electrons. The molecule has 3 rings (SSSR count). The molecule has 1 fully saturated rings. The van der Waals surface area contributed by atoms with Crippen molar-refractivity contribution in [3.8, 4) is 0 Å². The van der Waals surface area contributed by atoms with Crippen LogP contribution in [0.3, 0.4) is 0 Å². The van der Waals surface area contributed by atoms with E-state index in [2.05, 4.69) is 20.8 Å². The van der Waals surface area contributed by atoms with E-state index < -0.39 is 0 Å².